The molecule has 31 heavy (non-hydrogen) atoms. The normalized spacial score (nSPS) is 16.1. The molecule has 5 nitrogen and oxygen atoms in total. The minimum atomic E-state index is -0.218. The highest BCUT2D eigenvalue weighted by atomic mass is 16.2. The highest BCUT2D eigenvalue weighted by Crippen LogP contribution is 2.21. The van der Waals surface area contributed by atoms with Crippen LogP contribution in [0.5, 0.6) is 0 Å². The molecule has 0 aromatic heterocycles. The molecule has 0 spiro atoms. The molecule has 2 amide bonds. The van der Waals surface area contributed by atoms with Crippen molar-refractivity contribution in [2.24, 2.45) is 0 Å². The number of carbonyl (C=O) groups is 2. The largest absolute Gasteiger partial charge is 0.344 e. The van der Waals surface area contributed by atoms with Gasteiger partial charge < -0.3 is 15.1 Å². The summed E-state index contributed by atoms with van der Waals surface area (Å²) in [5, 5.41) is 3.17. The molecule has 1 aliphatic heterocycles. The number of hydrogen-bond donors (Lipinski definition) is 1. The molecule has 1 rings (SSSR count). The third-order valence-corrected chi connectivity index (χ3v) is 6.65. The Balaban J connectivity index is 2.17. The fraction of sp³-hybridized carbons (Fsp3) is 0.923. The summed E-state index contributed by atoms with van der Waals surface area (Å²) in [5.41, 5.74) is 0. The Kier molecular flexibility index (Phi) is 16.6. The smallest absolute Gasteiger partial charge is 0.245 e. The van der Waals surface area contributed by atoms with Crippen LogP contribution >= 0.6 is 0 Å². The summed E-state index contributed by atoms with van der Waals surface area (Å²) in [6, 6.07) is -0.218. The summed E-state index contributed by atoms with van der Waals surface area (Å²) in [4.78, 5) is 29.3. The molecule has 1 fully saturated rings. The fourth-order valence-corrected chi connectivity index (χ4v) is 4.60. The van der Waals surface area contributed by atoms with Crippen LogP contribution in [0.2, 0.25) is 0 Å². The second-order valence-corrected chi connectivity index (χ2v) is 9.45. The molecule has 0 bridgehead atoms. The number of rotatable bonds is 19. The first kappa shape index (κ1) is 27.9. The lowest BCUT2D eigenvalue weighted by Crippen LogP contribution is -2.46. The van der Waals surface area contributed by atoms with Gasteiger partial charge >= 0.3 is 0 Å². The molecule has 182 valence electrons. The van der Waals surface area contributed by atoms with E-state index in [9.17, 15) is 9.59 Å². The van der Waals surface area contributed by atoms with Crippen molar-refractivity contribution in [2.75, 3.05) is 33.7 Å². The molecule has 1 atom stereocenters. The summed E-state index contributed by atoms with van der Waals surface area (Å²) >= 11 is 0. The van der Waals surface area contributed by atoms with Crippen molar-refractivity contribution in [3.05, 3.63) is 0 Å². The van der Waals surface area contributed by atoms with Crippen LogP contribution in [0.1, 0.15) is 116 Å². The maximum absolute atomic E-state index is 12.9. The number of nitrogens with zero attached hydrogens (tertiary/aromatic N) is 2. The van der Waals surface area contributed by atoms with Crippen molar-refractivity contribution >= 4 is 11.8 Å². The van der Waals surface area contributed by atoms with E-state index in [0.717, 1.165) is 58.2 Å². The molecule has 1 saturated heterocycles. The van der Waals surface area contributed by atoms with Crippen LogP contribution in [-0.2, 0) is 9.59 Å². The summed E-state index contributed by atoms with van der Waals surface area (Å²) in [5.74, 6) is 0.333. The van der Waals surface area contributed by atoms with Crippen molar-refractivity contribution in [2.45, 2.75) is 122 Å². The van der Waals surface area contributed by atoms with Crippen molar-refractivity contribution in [1.29, 1.82) is 0 Å². The number of likely N-dealkylation sites (tertiary alicyclic amines) is 1. The van der Waals surface area contributed by atoms with Gasteiger partial charge in [0.1, 0.15) is 6.04 Å². The molecule has 0 radical (unpaired) electrons. The first-order chi connectivity index (χ1) is 15.1. The first-order valence-electron chi connectivity index (χ1n) is 13.3. The monoisotopic (exact) mass is 437 g/mol. The molecular weight excluding hydrogens is 386 g/mol. The fourth-order valence-electron chi connectivity index (χ4n) is 4.60. The van der Waals surface area contributed by atoms with E-state index in [0.29, 0.717) is 6.42 Å². The summed E-state index contributed by atoms with van der Waals surface area (Å²) < 4.78 is 0. The standard InChI is InChI=1S/C26H51N3O2/c1-4-5-6-7-8-9-10-11-12-15-20-25(30)29-23-18-19-24(29)26(31)28(3)22-17-14-13-16-21-27-2/h24,27H,4-23H2,1-3H3. The summed E-state index contributed by atoms with van der Waals surface area (Å²) in [6.07, 6.45) is 19.8. The van der Waals surface area contributed by atoms with Gasteiger partial charge in [0.25, 0.3) is 0 Å². The van der Waals surface area contributed by atoms with Gasteiger partial charge in [0.05, 0.1) is 0 Å². The van der Waals surface area contributed by atoms with Gasteiger partial charge in [0.2, 0.25) is 11.8 Å². The highest BCUT2D eigenvalue weighted by molar-refractivity contribution is 5.88. The van der Waals surface area contributed by atoms with Gasteiger partial charge in [-0.05, 0) is 45.7 Å². The third kappa shape index (κ3) is 12.5. The van der Waals surface area contributed by atoms with E-state index in [-0.39, 0.29) is 17.9 Å². The first-order valence-corrected chi connectivity index (χ1v) is 13.3. The Labute approximate surface area is 192 Å². The van der Waals surface area contributed by atoms with Gasteiger partial charge in [-0.1, -0.05) is 77.6 Å². The molecule has 5 heteroatoms. The number of likely N-dealkylation sites (N-methyl/N-ethyl adjacent to an activating group) is 1. The SMILES string of the molecule is CCCCCCCCCCCCC(=O)N1CCCC1C(=O)N(C)CCCCCCNC. The minimum Gasteiger partial charge on any atom is -0.344 e. The molecule has 1 N–H and O–H groups in total. The van der Waals surface area contributed by atoms with Crippen LogP contribution in [-0.4, -0.2) is 61.4 Å². The Morgan fingerprint density at radius 2 is 1.45 bits per heavy atom. The average molecular weight is 438 g/mol. The van der Waals surface area contributed by atoms with Gasteiger partial charge in [-0.2, -0.15) is 0 Å². The molecule has 0 aromatic carbocycles. The second-order valence-electron chi connectivity index (χ2n) is 9.45. The summed E-state index contributed by atoms with van der Waals surface area (Å²) in [7, 11) is 3.89. The van der Waals surface area contributed by atoms with Gasteiger partial charge in [-0.3, -0.25) is 9.59 Å². The van der Waals surface area contributed by atoms with E-state index in [2.05, 4.69) is 12.2 Å². The zero-order valence-electron chi connectivity index (χ0n) is 20.9. The van der Waals surface area contributed by atoms with Crippen LogP contribution in [0, 0.1) is 0 Å². The maximum Gasteiger partial charge on any atom is 0.245 e. The lowest BCUT2D eigenvalue weighted by molar-refractivity contribution is -0.143. The van der Waals surface area contributed by atoms with Crippen LogP contribution in [0.25, 0.3) is 0 Å². The third-order valence-electron chi connectivity index (χ3n) is 6.65. The number of carbonyl (C=O) groups excluding carboxylic acids is 2. The minimum absolute atomic E-state index is 0.143. The van der Waals surface area contributed by atoms with E-state index in [1.807, 2.05) is 23.9 Å². The maximum atomic E-state index is 12.9. The average Bonchev–Trinajstić information content (AvgIpc) is 3.26. The van der Waals surface area contributed by atoms with Crippen LogP contribution in [0.3, 0.4) is 0 Å². The summed E-state index contributed by atoms with van der Waals surface area (Å²) in [6.45, 7) is 4.88. The van der Waals surface area contributed by atoms with Crippen molar-refractivity contribution in [3.63, 3.8) is 0 Å². The zero-order chi connectivity index (χ0) is 22.7. The number of hydrogen-bond acceptors (Lipinski definition) is 3. The topological polar surface area (TPSA) is 52.7 Å². The molecule has 0 aliphatic carbocycles. The van der Waals surface area contributed by atoms with Crippen molar-refractivity contribution < 1.29 is 9.59 Å². The molecule has 0 aromatic rings. The Morgan fingerprint density at radius 3 is 2.10 bits per heavy atom. The van der Waals surface area contributed by atoms with E-state index < -0.39 is 0 Å². The van der Waals surface area contributed by atoms with Gasteiger partial charge in [-0.15, -0.1) is 0 Å². The zero-order valence-corrected chi connectivity index (χ0v) is 20.9. The Hall–Kier alpha value is -1.10. The second kappa shape index (κ2) is 18.5. The molecule has 1 unspecified atom stereocenters. The van der Waals surface area contributed by atoms with Gasteiger partial charge in [0.15, 0.2) is 0 Å². The van der Waals surface area contributed by atoms with E-state index in [1.165, 1.54) is 64.2 Å². The van der Waals surface area contributed by atoms with Crippen LogP contribution < -0.4 is 5.32 Å². The van der Waals surface area contributed by atoms with E-state index in [4.69, 9.17) is 0 Å². The van der Waals surface area contributed by atoms with Crippen LogP contribution in [0.15, 0.2) is 0 Å². The van der Waals surface area contributed by atoms with Crippen molar-refractivity contribution in [3.8, 4) is 0 Å². The quantitative estimate of drug-likeness (QED) is 0.270. The Morgan fingerprint density at radius 1 is 0.871 bits per heavy atom. The van der Waals surface area contributed by atoms with Crippen LogP contribution in [0.4, 0.5) is 0 Å². The van der Waals surface area contributed by atoms with E-state index >= 15 is 0 Å². The van der Waals surface area contributed by atoms with Gasteiger partial charge in [0, 0.05) is 26.6 Å². The lowest BCUT2D eigenvalue weighted by atomic mass is 10.1. The Bertz CT molecular complexity index is 470. The highest BCUT2D eigenvalue weighted by Gasteiger charge is 2.35. The molecular formula is C26H51N3O2. The lowest BCUT2D eigenvalue weighted by Gasteiger charge is -2.28. The molecule has 1 aliphatic rings. The predicted molar refractivity (Wildman–Crippen MR) is 131 cm³/mol. The van der Waals surface area contributed by atoms with Crippen molar-refractivity contribution in [1.82, 2.24) is 15.1 Å². The predicted octanol–water partition coefficient (Wildman–Crippen LogP) is 5.53. The number of unbranched alkanes of at least 4 members (excludes halogenated alkanes) is 12. The number of amides is 2. The molecule has 1 heterocycles. The number of nitrogens with one attached hydrogen (secondary N) is 1. The van der Waals surface area contributed by atoms with E-state index in [1.54, 1.807) is 0 Å². The van der Waals surface area contributed by atoms with Gasteiger partial charge in [-0.25, -0.2) is 0 Å². The molecule has 0 saturated carbocycles.